The summed E-state index contributed by atoms with van der Waals surface area (Å²) in [5.41, 5.74) is -0.556. The lowest BCUT2D eigenvalue weighted by Gasteiger charge is -2.20. The molecule has 4 aliphatic rings. The number of fused-ring (bicyclic) bond motifs is 2. The van der Waals surface area contributed by atoms with Crippen LogP contribution in [0.1, 0.15) is 44.9 Å². The first-order valence-corrected chi connectivity index (χ1v) is 9.21. The van der Waals surface area contributed by atoms with Crippen molar-refractivity contribution in [2.45, 2.75) is 50.5 Å². The Morgan fingerprint density at radius 3 is 2.74 bits per heavy atom. The average molecular weight is 317 g/mol. The van der Waals surface area contributed by atoms with Crippen molar-refractivity contribution in [2.75, 3.05) is 19.6 Å². The molecular weight excluding hydrogens is 290 g/mol. The van der Waals surface area contributed by atoms with Crippen LogP contribution >= 0.6 is 0 Å². The Bertz CT molecular complexity index is 524. The smallest absolute Gasteiger partial charge is 0.323 e. The molecule has 0 aromatic heterocycles. The second-order valence-electron chi connectivity index (χ2n) is 7.77. The lowest BCUT2D eigenvalue weighted by molar-refractivity contribution is -0.131. The summed E-state index contributed by atoms with van der Waals surface area (Å²) in [6.07, 6.45) is 12.0. The van der Waals surface area contributed by atoms with Crippen LogP contribution in [0.3, 0.4) is 0 Å². The molecule has 3 fully saturated rings. The molecule has 1 spiro atoms. The van der Waals surface area contributed by atoms with Crippen LogP contribution in [0.5, 0.6) is 0 Å². The van der Waals surface area contributed by atoms with Crippen LogP contribution in [0.15, 0.2) is 12.2 Å². The fraction of sp³-hybridized carbons (Fsp3) is 0.778. The topological polar surface area (TPSA) is 61.4 Å². The molecule has 1 aliphatic heterocycles. The maximum atomic E-state index is 12.5. The highest BCUT2D eigenvalue weighted by atomic mass is 16.2. The lowest BCUT2D eigenvalue weighted by atomic mass is 9.94. The Hall–Kier alpha value is -1.36. The van der Waals surface area contributed by atoms with Gasteiger partial charge in [0.1, 0.15) is 5.54 Å². The van der Waals surface area contributed by atoms with Crippen molar-refractivity contribution in [1.82, 2.24) is 15.5 Å². The van der Waals surface area contributed by atoms with Gasteiger partial charge in [0, 0.05) is 6.54 Å². The molecule has 3 aliphatic carbocycles. The molecule has 4 rings (SSSR count). The van der Waals surface area contributed by atoms with Crippen molar-refractivity contribution < 1.29 is 9.59 Å². The van der Waals surface area contributed by atoms with Gasteiger partial charge in [-0.3, -0.25) is 9.69 Å². The zero-order chi connectivity index (χ0) is 15.9. The molecule has 0 aromatic rings. The highest BCUT2D eigenvalue weighted by Crippen LogP contribution is 2.42. The van der Waals surface area contributed by atoms with Crippen LogP contribution in [0.25, 0.3) is 0 Å². The molecule has 5 heteroatoms. The molecule has 126 valence electrons. The van der Waals surface area contributed by atoms with E-state index in [1.54, 1.807) is 0 Å². The van der Waals surface area contributed by atoms with Crippen LogP contribution in [-0.4, -0.2) is 42.0 Å². The molecule has 2 saturated carbocycles. The second-order valence-corrected chi connectivity index (χ2v) is 7.77. The number of carbonyl (C=O) groups is 2. The van der Waals surface area contributed by atoms with E-state index in [1.165, 1.54) is 17.7 Å². The third-order valence-electron chi connectivity index (χ3n) is 6.26. The molecule has 1 saturated heterocycles. The number of nitrogens with zero attached hydrogens (tertiary/aromatic N) is 1. The highest BCUT2D eigenvalue weighted by molar-refractivity contribution is 6.07. The highest BCUT2D eigenvalue weighted by Gasteiger charge is 2.51. The standard InChI is InChI=1S/C18H27N3O2/c22-16-18(6-1-2-7-18)20-17(23)21(16)9-3-8-19-12-15-11-13-4-5-14(15)10-13/h4-5,13-15,19H,1-3,6-12H2,(H,20,23)/t13-,14-,15+/m0/s1. The molecule has 0 radical (unpaired) electrons. The molecule has 0 unspecified atom stereocenters. The summed E-state index contributed by atoms with van der Waals surface area (Å²) in [4.78, 5) is 26.0. The largest absolute Gasteiger partial charge is 0.325 e. The van der Waals surface area contributed by atoms with Crippen molar-refractivity contribution >= 4 is 11.9 Å². The molecule has 3 amide bonds. The minimum Gasteiger partial charge on any atom is -0.323 e. The summed E-state index contributed by atoms with van der Waals surface area (Å²) in [5.74, 6) is 2.39. The maximum absolute atomic E-state index is 12.5. The van der Waals surface area contributed by atoms with E-state index < -0.39 is 5.54 Å². The number of amides is 3. The molecule has 2 bridgehead atoms. The average Bonchev–Trinajstić information content (AvgIpc) is 3.29. The molecule has 0 aromatic carbocycles. The van der Waals surface area contributed by atoms with E-state index >= 15 is 0 Å². The summed E-state index contributed by atoms with van der Waals surface area (Å²) in [5, 5.41) is 6.47. The van der Waals surface area contributed by atoms with Gasteiger partial charge >= 0.3 is 6.03 Å². The Balaban J connectivity index is 1.19. The molecule has 1 heterocycles. The number of hydrogen-bond donors (Lipinski definition) is 2. The van der Waals surface area contributed by atoms with Crippen LogP contribution in [-0.2, 0) is 4.79 Å². The van der Waals surface area contributed by atoms with E-state index in [1.807, 2.05) is 0 Å². The summed E-state index contributed by atoms with van der Waals surface area (Å²) >= 11 is 0. The van der Waals surface area contributed by atoms with Crippen molar-refractivity contribution in [3.05, 3.63) is 12.2 Å². The number of rotatable bonds is 6. The zero-order valence-corrected chi connectivity index (χ0v) is 13.7. The van der Waals surface area contributed by atoms with E-state index in [0.717, 1.165) is 62.9 Å². The number of urea groups is 1. The van der Waals surface area contributed by atoms with Crippen molar-refractivity contribution in [1.29, 1.82) is 0 Å². The molecule has 23 heavy (non-hydrogen) atoms. The zero-order valence-electron chi connectivity index (χ0n) is 13.7. The Morgan fingerprint density at radius 2 is 2.04 bits per heavy atom. The molecular formula is C18H27N3O2. The minimum absolute atomic E-state index is 0.0123. The van der Waals surface area contributed by atoms with Crippen molar-refractivity contribution in [3.8, 4) is 0 Å². The van der Waals surface area contributed by atoms with E-state index in [4.69, 9.17) is 0 Å². The van der Waals surface area contributed by atoms with E-state index in [0.29, 0.717) is 6.54 Å². The van der Waals surface area contributed by atoms with Crippen LogP contribution in [0, 0.1) is 17.8 Å². The first kappa shape index (κ1) is 15.2. The number of imide groups is 1. The first-order chi connectivity index (χ1) is 11.2. The van der Waals surface area contributed by atoms with Crippen LogP contribution in [0.2, 0.25) is 0 Å². The predicted molar refractivity (Wildman–Crippen MR) is 87.8 cm³/mol. The summed E-state index contributed by atoms with van der Waals surface area (Å²) in [6, 6.07) is -0.185. The SMILES string of the molecule is O=C1NC2(CCCC2)C(=O)N1CCCNC[C@H]1C[C@H]2C=C[C@H]1C2. The van der Waals surface area contributed by atoms with Crippen LogP contribution in [0.4, 0.5) is 4.79 Å². The molecule has 5 nitrogen and oxygen atoms in total. The van der Waals surface area contributed by atoms with Gasteiger partial charge in [0.15, 0.2) is 0 Å². The third-order valence-corrected chi connectivity index (χ3v) is 6.26. The van der Waals surface area contributed by atoms with Gasteiger partial charge in [-0.15, -0.1) is 0 Å². The van der Waals surface area contributed by atoms with Crippen molar-refractivity contribution in [3.63, 3.8) is 0 Å². The van der Waals surface area contributed by atoms with Gasteiger partial charge in [0.2, 0.25) is 0 Å². The maximum Gasteiger partial charge on any atom is 0.325 e. The van der Waals surface area contributed by atoms with Crippen LogP contribution < -0.4 is 10.6 Å². The monoisotopic (exact) mass is 317 g/mol. The van der Waals surface area contributed by atoms with Gasteiger partial charge in [-0.1, -0.05) is 25.0 Å². The normalized spacial score (nSPS) is 34.1. The number of nitrogens with one attached hydrogen (secondary N) is 2. The fourth-order valence-corrected chi connectivity index (χ4v) is 4.98. The van der Waals surface area contributed by atoms with E-state index in [9.17, 15) is 9.59 Å². The predicted octanol–water partition coefficient (Wildman–Crippen LogP) is 2.04. The van der Waals surface area contributed by atoms with Gasteiger partial charge in [0.25, 0.3) is 5.91 Å². The quantitative estimate of drug-likeness (QED) is 0.448. The van der Waals surface area contributed by atoms with Gasteiger partial charge in [0.05, 0.1) is 0 Å². The summed E-state index contributed by atoms with van der Waals surface area (Å²) < 4.78 is 0. The van der Waals surface area contributed by atoms with Gasteiger partial charge < -0.3 is 10.6 Å². The van der Waals surface area contributed by atoms with Gasteiger partial charge in [-0.2, -0.15) is 0 Å². The lowest BCUT2D eigenvalue weighted by Crippen LogP contribution is -2.44. The molecule has 3 atom stereocenters. The summed E-state index contributed by atoms with van der Waals surface area (Å²) in [6.45, 7) is 2.48. The van der Waals surface area contributed by atoms with Crippen molar-refractivity contribution in [2.24, 2.45) is 17.8 Å². The Kier molecular flexibility index (Phi) is 3.92. The van der Waals surface area contributed by atoms with E-state index in [-0.39, 0.29) is 11.9 Å². The molecule has 2 N–H and O–H groups in total. The minimum atomic E-state index is -0.556. The first-order valence-electron chi connectivity index (χ1n) is 9.21. The van der Waals surface area contributed by atoms with Gasteiger partial charge in [-0.05, 0) is 62.9 Å². The Labute approximate surface area is 137 Å². The Morgan fingerprint density at radius 1 is 1.22 bits per heavy atom. The summed E-state index contributed by atoms with van der Waals surface area (Å²) in [7, 11) is 0. The fourth-order valence-electron chi connectivity index (χ4n) is 4.98. The third kappa shape index (κ3) is 2.69. The number of hydrogen-bond acceptors (Lipinski definition) is 3. The van der Waals surface area contributed by atoms with E-state index in [2.05, 4.69) is 22.8 Å². The number of carbonyl (C=O) groups excluding carboxylic acids is 2. The second kappa shape index (κ2) is 5.93. The van der Waals surface area contributed by atoms with Gasteiger partial charge in [-0.25, -0.2) is 4.79 Å². The number of allylic oxidation sites excluding steroid dienone is 2.